The number of nitrogens with one attached hydrogen (secondary N) is 1. The summed E-state index contributed by atoms with van der Waals surface area (Å²) < 4.78 is 18.5. The zero-order valence-corrected chi connectivity index (χ0v) is 13.8. The Balaban J connectivity index is 1.82. The highest BCUT2D eigenvalue weighted by Gasteiger charge is 2.13. The van der Waals surface area contributed by atoms with Crippen LogP contribution in [-0.4, -0.2) is 19.1 Å². The average molecular weight is 330 g/mol. The number of ether oxygens (including phenoxy) is 1. The molecule has 0 spiro atoms. The molecule has 0 saturated carbocycles. The third-order valence-electron chi connectivity index (χ3n) is 3.71. The Morgan fingerprint density at radius 3 is 2.67 bits per heavy atom. The minimum absolute atomic E-state index is 0.0537. The molecule has 24 heavy (non-hydrogen) atoms. The Kier molecular flexibility index (Phi) is 6.75. The van der Waals surface area contributed by atoms with E-state index >= 15 is 0 Å². The molecule has 0 bridgehead atoms. The fraction of sp³-hybridized carbons (Fsp3) is 0.316. The van der Waals surface area contributed by atoms with Crippen LogP contribution in [0.15, 0.2) is 48.5 Å². The van der Waals surface area contributed by atoms with Gasteiger partial charge in [0.1, 0.15) is 18.2 Å². The van der Waals surface area contributed by atoms with Crippen molar-refractivity contribution in [3.63, 3.8) is 0 Å². The standard InChI is InChI=1S/C19H23FN2O2/c1-14(5-6-15-3-2-4-16(20)13-15)19(23)22-17-7-9-18(10-8-17)24-12-11-21/h2-4,7-10,13-14H,5-6,11-12,21H2,1H3,(H,22,23). The number of carbonyl (C=O) groups is 1. The molecule has 0 radical (unpaired) electrons. The number of aryl methyl sites for hydroxylation is 1. The highest BCUT2D eigenvalue weighted by molar-refractivity contribution is 5.92. The average Bonchev–Trinajstić information content (AvgIpc) is 2.59. The van der Waals surface area contributed by atoms with Gasteiger partial charge in [-0.1, -0.05) is 19.1 Å². The molecule has 4 nitrogen and oxygen atoms in total. The van der Waals surface area contributed by atoms with Crippen LogP contribution in [0.4, 0.5) is 10.1 Å². The first kappa shape index (κ1) is 17.9. The van der Waals surface area contributed by atoms with Crippen LogP contribution >= 0.6 is 0 Å². The quantitative estimate of drug-likeness (QED) is 0.780. The third-order valence-corrected chi connectivity index (χ3v) is 3.71. The van der Waals surface area contributed by atoms with Gasteiger partial charge in [0.15, 0.2) is 0 Å². The van der Waals surface area contributed by atoms with Crippen molar-refractivity contribution in [3.8, 4) is 5.75 Å². The summed E-state index contributed by atoms with van der Waals surface area (Å²) in [6, 6.07) is 13.7. The maximum absolute atomic E-state index is 13.2. The van der Waals surface area contributed by atoms with Gasteiger partial charge in [-0.3, -0.25) is 4.79 Å². The molecule has 0 aliphatic rings. The number of rotatable bonds is 8. The molecule has 0 saturated heterocycles. The van der Waals surface area contributed by atoms with Gasteiger partial charge in [0, 0.05) is 18.2 Å². The molecule has 0 heterocycles. The molecular weight excluding hydrogens is 307 g/mol. The second-order valence-corrected chi connectivity index (χ2v) is 5.72. The van der Waals surface area contributed by atoms with E-state index in [0.29, 0.717) is 26.0 Å². The Labute approximate surface area is 141 Å². The molecule has 1 amide bonds. The van der Waals surface area contributed by atoms with Crippen LogP contribution in [0, 0.1) is 11.7 Å². The minimum Gasteiger partial charge on any atom is -0.492 e. The molecule has 0 aromatic heterocycles. The number of hydrogen-bond acceptors (Lipinski definition) is 3. The Morgan fingerprint density at radius 2 is 2.00 bits per heavy atom. The van der Waals surface area contributed by atoms with Gasteiger partial charge in [-0.15, -0.1) is 0 Å². The van der Waals surface area contributed by atoms with E-state index in [0.717, 1.165) is 17.0 Å². The minimum atomic E-state index is -0.249. The van der Waals surface area contributed by atoms with Crippen molar-refractivity contribution in [1.29, 1.82) is 0 Å². The second kappa shape index (κ2) is 9.03. The monoisotopic (exact) mass is 330 g/mol. The Hall–Kier alpha value is -2.40. The number of amides is 1. The first-order valence-electron chi connectivity index (χ1n) is 8.06. The second-order valence-electron chi connectivity index (χ2n) is 5.72. The maximum atomic E-state index is 13.2. The topological polar surface area (TPSA) is 64.3 Å². The van der Waals surface area contributed by atoms with Crippen LogP contribution in [0.1, 0.15) is 18.9 Å². The molecule has 0 aliphatic heterocycles. The molecule has 2 aromatic carbocycles. The van der Waals surface area contributed by atoms with Gasteiger partial charge in [0.25, 0.3) is 0 Å². The van der Waals surface area contributed by atoms with Crippen LogP contribution in [0.2, 0.25) is 0 Å². The number of nitrogens with two attached hydrogens (primary N) is 1. The van der Waals surface area contributed by atoms with Gasteiger partial charge < -0.3 is 15.8 Å². The van der Waals surface area contributed by atoms with Crippen LogP contribution in [-0.2, 0) is 11.2 Å². The molecule has 5 heteroatoms. The first-order chi connectivity index (χ1) is 11.6. The number of hydrogen-bond donors (Lipinski definition) is 2. The van der Waals surface area contributed by atoms with Crippen LogP contribution < -0.4 is 15.8 Å². The Morgan fingerprint density at radius 1 is 1.25 bits per heavy atom. The lowest BCUT2D eigenvalue weighted by Crippen LogP contribution is -2.20. The summed E-state index contributed by atoms with van der Waals surface area (Å²) in [6.45, 7) is 2.79. The summed E-state index contributed by atoms with van der Waals surface area (Å²) in [7, 11) is 0. The maximum Gasteiger partial charge on any atom is 0.227 e. The van der Waals surface area contributed by atoms with E-state index in [2.05, 4.69) is 5.32 Å². The van der Waals surface area contributed by atoms with Gasteiger partial charge in [-0.25, -0.2) is 4.39 Å². The smallest absolute Gasteiger partial charge is 0.227 e. The zero-order valence-electron chi connectivity index (χ0n) is 13.8. The van der Waals surface area contributed by atoms with E-state index in [9.17, 15) is 9.18 Å². The van der Waals surface area contributed by atoms with Gasteiger partial charge >= 0.3 is 0 Å². The van der Waals surface area contributed by atoms with Crippen LogP contribution in [0.5, 0.6) is 5.75 Å². The predicted molar refractivity (Wildman–Crippen MR) is 93.5 cm³/mol. The Bertz CT molecular complexity index is 659. The molecule has 3 N–H and O–H groups in total. The van der Waals surface area contributed by atoms with Crippen molar-refractivity contribution in [2.75, 3.05) is 18.5 Å². The van der Waals surface area contributed by atoms with Crippen molar-refractivity contribution in [1.82, 2.24) is 0 Å². The molecule has 2 rings (SSSR count). The zero-order chi connectivity index (χ0) is 17.4. The van der Waals surface area contributed by atoms with Crippen molar-refractivity contribution < 1.29 is 13.9 Å². The molecule has 1 atom stereocenters. The van der Waals surface area contributed by atoms with Gasteiger partial charge in [0.05, 0.1) is 0 Å². The van der Waals surface area contributed by atoms with Gasteiger partial charge in [0.2, 0.25) is 5.91 Å². The lowest BCUT2D eigenvalue weighted by atomic mass is 10.00. The fourth-order valence-electron chi connectivity index (χ4n) is 2.28. The van der Waals surface area contributed by atoms with E-state index in [4.69, 9.17) is 10.5 Å². The summed E-state index contributed by atoms with van der Waals surface area (Å²) in [6.07, 6.45) is 1.32. The van der Waals surface area contributed by atoms with E-state index < -0.39 is 0 Å². The molecular formula is C19H23FN2O2. The number of carbonyl (C=O) groups excluding carboxylic acids is 1. The van der Waals surface area contributed by atoms with Gasteiger partial charge in [-0.05, 0) is 54.8 Å². The first-order valence-corrected chi connectivity index (χ1v) is 8.06. The van der Waals surface area contributed by atoms with Crippen molar-refractivity contribution in [3.05, 3.63) is 59.9 Å². The SMILES string of the molecule is CC(CCc1cccc(F)c1)C(=O)Nc1ccc(OCCN)cc1. The molecule has 1 unspecified atom stereocenters. The number of halogens is 1. The summed E-state index contributed by atoms with van der Waals surface area (Å²) in [5.41, 5.74) is 7.00. The van der Waals surface area contributed by atoms with Crippen LogP contribution in [0.3, 0.4) is 0 Å². The third kappa shape index (κ3) is 5.66. The number of anilines is 1. The van der Waals surface area contributed by atoms with E-state index in [1.807, 2.05) is 13.0 Å². The summed E-state index contributed by atoms with van der Waals surface area (Å²) >= 11 is 0. The molecule has 0 fully saturated rings. The van der Waals surface area contributed by atoms with Crippen LogP contribution in [0.25, 0.3) is 0 Å². The summed E-state index contributed by atoms with van der Waals surface area (Å²) in [5, 5.41) is 2.88. The largest absolute Gasteiger partial charge is 0.492 e. The van der Waals surface area contributed by atoms with E-state index in [1.165, 1.54) is 12.1 Å². The molecule has 0 aliphatic carbocycles. The lowest BCUT2D eigenvalue weighted by molar-refractivity contribution is -0.119. The summed E-state index contributed by atoms with van der Waals surface area (Å²) in [4.78, 5) is 12.2. The van der Waals surface area contributed by atoms with E-state index in [1.54, 1.807) is 30.3 Å². The fourth-order valence-corrected chi connectivity index (χ4v) is 2.28. The predicted octanol–water partition coefficient (Wildman–Crippen LogP) is 3.37. The van der Waals surface area contributed by atoms with Crippen molar-refractivity contribution in [2.24, 2.45) is 11.7 Å². The normalized spacial score (nSPS) is 11.8. The van der Waals surface area contributed by atoms with Crippen molar-refractivity contribution in [2.45, 2.75) is 19.8 Å². The lowest BCUT2D eigenvalue weighted by Gasteiger charge is -2.13. The van der Waals surface area contributed by atoms with Crippen molar-refractivity contribution >= 4 is 11.6 Å². The highest BCUT2D eigenvalue weighted by Crippen LogP contribution is 2.17. The summed E-state index contributed by atoms with van der Waals surface area (Å²) in [5.74, 6) is 0.252. The van der Waals surface area contributed by atoms with Gasteiger partial charge in [-0.2, -0.15) is 0 Å². The molecule has 2 aromatic rings. The molecule has 128 valence electrons. The highest BCUT2D eigenvalue weighted by atomic mass is 19.1. The number of benzene rings is 2. The van der Waals surface area contributed by atoms with E-state index in [-0.39, 0.29) is 17.6 Å².